The Labute approximate surface area is 190 Å². The van der Waals surface area contributed by atoms with Gasteiger partial charge in [0.1, 0.15) is 5.75 Å². The van der Waals surface area contributed by atoms with Crippen molar-refractivity contribution in [2.45, 2.75) is 13.3 Å². The molecule has 0 atom stereocenters. The molecule has 0 fully saturated rings. The van der Waals surface area contributed by atoms with Crippen LogP contribution in [0.1, 0.15) is 16.7 Å². The summed E-state index contributed by atoms with van der Waals surface area (Å²) in [4.78, 5) is 0. The maximum atomic E-state index is 12.1. The molecule has 0 amide bonds. The molecule has 144 valence electrons. The number of aryl methyl sites for hydroxylation is 1. The van der Waals surface area contributed by atoms with Gasteiger partial charge in [-0.15, -0.1) is 13.2 Å². The van der Waals surface area contributed by atoms with Crippen LogP contribution < -0.4 is 39.4 Å². The third kappa shape index (κ3) is 7.96. The summed E-state index contributed by atoms with van der Waals surface area (Å²) in [6, 6.07) is 9.21. The zero-order valence-corrected chi connectivity index (χ0v) is 19.1. The molecule has 2 aromatic rings. The van der Waals surface area contributed by atoms with Crippen LogP contribution in [0.15, 0.2) is 56.7 Å². The van der Waals surface area contributed by atoms with E-state index in [9.17, 15) is 26.7 Å². The zero-order chi connectivity index (χ0) is 20.2. The average Bonchev–Trinajstić information content (AvgIpc) is 2.52. The molecule has 28 heavy (non-hydrogen) atoms. The summed E-state index contributed by atoms with van der Waals surface area (Å²) in [6.07, 6.45) is -3.71. The Morgan fingerprint density at radius 2 is 1.79 bits per heavy atom. The predicted molar refractivity (Wildman–Crippen MR) is 96.5 cm³/mol. The molecule has 0 N–H and O–H groups in total. The second-order valence-corrected chi connectivity index (χ2v) is 7.69. The minimum atomic E-state index is -4.81. The number of rotatable bonds is 5. The molecule has 0 saturated heterocycles. The van der Waals surface area contributed by atoms with Crippen LogP contribution in [-0.4, -0.2) is 20.7 Å². The van der Waals surface area contributed by atoms with Crippen LogP contribution in [0.25, 0.3) is 6.08 Å². The Hall–Kier alpha value is -1.33. The van der Waals surface area contributed by atoms with E-state index in [2.05, 4.69) is 25.1 Å². The first kappa shape index (κ1) is 24.7. The summed E-state index contributed by atoms with van der Waals surface area (Å²) in [5, 5.41) is 12.8. The number of alkyl halides is 3. The number of hydrogen-bond acceptors (Lipinski definition) is 4. The van der Waals surface area contributed by atoms with Gasteiger partial charge >= 0.3 is 35.9 Å². The third-order valence-corrected chi connectivity index (χ3v) is 4.57. The van der Waals surface area contributed by atoms with Gasteiger partial charge in [-0.3, -0.25) is 0 Å². The Bertz CT molecular complexity index is 990. The van der Waals surface area contributed by atoms with Crippen molar-refractivity contribution in [3.8, 4) is 5.75 Å². The minimum Gasteiger partial charge on any atom is -0.858 e. The molecule has 2 rings (SSSR count). The van der Waals surface area contributed by atoms with Crippen LogP contribution >= 0.6 is 15.9 Å². The van der Waals surface area contributed by atoms with Crippen LogP contribution in [0.4, 0.5) is 13.2 Å². The van der Waals surface area contributed by atoms with Crippen molar-refractivity contribution in [3.63, 3.8) is 0 Å². The van der Waals surface area contributed by atoms with Crippen molar-refractivity contribution in [2.24, 2.45) is 4.40 Å². The van der Waals surface area contributed by atoms with Gasteiger partial charge < -0.3 is 9.84 Å². The summed E-state index contributed by atoms with van der Waals surface area (Å²) < 4.78 is 67.9. The summed E-state index contributed by atoms with van der Waals surface area (Å²) in [5.41, 5.74) is 0.983. The number of benzene rings is 2. The fourth-order valence-corrected chi connectivity index (χ4v) is 3.20. The van der Waals surface area contributed by atoms with E-state index in [1.807, 2.05) is 0 Å². The largest absolute Gasteiger partial charge is 1.00 e. The van der Waals surface area contributed by atoms with E-state index in [4.69, 9.17) is 0 Å². The first-order valence-electron chi connectivity index (χ1n) is 7.27. The normalized spacial score (nSPS) is 12.7. The molecule has 0 spiro atoms. The second-order valence-electron chi connectivity index (χ2n) is 5.29. The van der Waals surface area contributed by atoms with Crippen LogP contribution in [0.5, 0.6) is 5.75 Å². The van der Waals surface area contributed by atoms with Crippen LogP contribution in [0.3, 0.4) is 0 Å². The molecular formula is C17H12BrF3NNaO4S. The Balaban J connectivity index is 0.00000392. The van der Waals surface area contributed by atoms with Crippen molar-refractivity contribution < 1.29 is 61.0 Å². The minimum absolute atomic E-state index is 0. The quantitative estimate of drug-likeness (QED) is 0.356. The van der Waals surface area contributed by atoms with Crippen LogP contribution in [-0.2, 0) is 10.0 Å². The van der Waals surface area contributed by atoms with E-state index in [1.54, 1.807) is 19.1 Å². The summed E-state index contributed by atoms with van der Waals surface area (Å²) in [5.74, 6) is -1.35. The molecule has 0 saturated carbocycles. The van der Waals surface area contributed by atoms with E-state index < -0.39 is 28.0 Å². The average molecular weight is 486 g/mol. The van der Waals surface area contributed by atoms with Gasteiger partial charge in [0.15, 0.2) is 0 Å². The van der Waals surface area contributed by atoms with Gasteiger partial charge in [0.2, 0.25) is 0 Å². The number of ether oxygens (including phenoxy) is 1. The third-order valence-electron chi connectivity index (χ3n) is 3.18. The summed E-state index contributed by atoms with van der Waals surface area (Å²) >= 11 is 3.24. The van der Waals surface area contributed by atoms with Gasteiger partial charge in [0, 0.05) is 10.4 Å². The van der Waals surface area contributed by atoms with Gasteiger partial charge in [-0.05, 0) is 54.0 Å². The van der Waals surface area contributed by atoms with Crippen molar-refractivity contribution in [1.82, 2.24) is 0 Å². The van der Waals surface area contributed by atoms with Crippen molar-refractivity contribution in [1.29, 1.82) is 0 Å². The Kier molecular flexibility index (Phi) is 8.76. The number of sulfonamides is 1. The molecule has 2 aromatic carbocycles. The SMILES string of the molecule is Cc1cc(Br)ccc1/C([O-])=N/S(=O)(=O)/C=C/c1ccc(OC(F)(F)F)cc1.[Na+]. The van der Waals surface area contributed by atoms with Gasteiger partial charge in [0.25, 0.3) is 10.0 Å². The monoisotopic (exact) mass is 485 g/mol. The zero-order valence-electron chi connectivity index (χ0n) is 14.7. The predicted octanol–water partition coefficient (Wildman–Crippen LogP) is 0.768. The van der Waals surface area contributed by atoms with Crippen molar-refractivity contribution >= 4 is 37.9 Å². The molecule has 11 heteroatoms. The fourth-order valence-electron chi connectivity index (χ4n) is 2.01. The van der Waals surface area contributed by atoms with E-state index >= 15 is 0 Å². The van der Waals surface area contributed by atoms with Gasteiger partial charge in [0.05, 0.1) is 5.41 Å². The Morgan fingerprint density at radius 1 is 1.18 bits per heavy atom. The second kappa shape index (κ2) is 9.93. The van der Waals surface area contributed by atoms with Crippen molar-refractivity contribution in [2.75, 3.05) is 0 Å². The number of nitrogens with zero attached hydrogens (tertiary/aromatic N) is 1. The maximum absolute atomic E-state index is 12.1. The molecule has 0 aliphatic heterocycles. The molecule has 0 unspecified atom stereocenters. The standard InChI is InChI=1S/C17H13BrF3NO4S.Na/c1-11-10-13(18)4-7-15(11)16(23)22-27(24,25)9-8-12-2-5-14(6-3-12)26-17(19,20)21;/h2-10H,1H3,(H,22,23);/q;+1/p-1/b9-8+;. The maximum Gasteiger partial charge on any atom is 1.00 e. The van der Waals surface area contributed by atoms with E-state index in [0.717, 1.165) is 22.7 Å². The summed E-state index contributed by atoms with van der Waals surface area (Å²) in [6.45, 7) is 1.64. The topological polar surface area (TPSA) is 78.8 Å². The van der Waals surface area contributed by atoms with E-state index in [1.165, 1.54) is 18.2 Å². The van der Waals surface area contributed by atoms with E-state index in [-0.39, 0.29) is 40.7 Å². The Morgan fingerprint density at radius 3 is 2.32 bits per heavy atom. The number of halogens is 4. The van der Waals surface area contributed by atoms with Gasteiger partial charge in [-0.2, -0.15) is 12.8 Å². The molecule has 0 aromatic heterocycles. The van der Waals surface area contributed by atoms with Crippen molar-refractivity contribution in [3.05, 3.63) is 69.0 Å². The molecule has 0 bridgehead atoms. The molecular weight excluding hydrogens is 474 g/mol. The fraction of sp³-hybridized carbons (Fsp3) is 0.118. The first-order chi connectivity index (χ1) is 12.5. The molecule has 0 aliphatic rings. The smallest absolute Gasteiger partial charge is 0.858 e. The molecule has 0 aliphatic carbocycles. The van der Waals surface area contributed by atoms with E-state index in [0.29, 0.717) is 11.0 Å². The van der Waals surface area contributed by atoms with Crippen LogP contribution in [0.2, 0.25) is 0 Å². The summed E-state index contributed by atoms with van der Waals surface area (Å²) in [7, 11) is -4.22. The van der Waals surface area contributed by atoms with Gasteiger partial charge in [-0.1, -0.05) is 34.1 Å². The number of hydrogen-bond donors (Lipinski definition) is 0. The molecule has 0 radical (unpaired) electrons. The van der Waals surface area contributed by atoms with Gasteiger partial charge in [-0.25, -0.2) is 0 Å². The van der Waals surface area contributed by atoms with Crippen LogP contribution in [0, 0.1) is 6.92 Å². The molecule has 5 nitrogen and oxygen atoms in total. The molecule has 0 heterocycles. The first-order valence-corrected chi connectivity index (χ1v) is 9.57.